The van der Waals surface area contributed by atoms with E-state index in [-0.39, 0.29) is 0 Å². The molecule has 8 rings (SSSR count). The van der Waals surface area contributed by atoms with E-state index in [1.165, 1.54) is 44.2 Å². The van der Waals surface area contributed by atoms with Gasteiger partial charge in [0.15, 0.2) is 0 Å². The SMILES string of the molecule is C=C1/C=C(c2ccc(-c3ccnc(C#N)c3)cc2)\C=C/Cc2c(cc(-c3ccccc3)c3ccccc23)C1(c1ccccc1)c1ccccc1. The Labute approximate surface area is 293 Å². The second-order valence-corrected chi connectivity index (χ2v) is 12.7. The van der Waals surface area contributed by atoms with E-state index in [1.54, 1.807) is 6.20 Å². The highest BCUT2D eigenvalue weighted by Gasteiger charge is 2.41. The second kappa shape index (κ2) is 13.2. The predicted molar refractivity (Wildman–Crippen MR) is 206 cm³/mol. The molecule has 0 bridgehead atoms. The van der Waals surface area contributed by atoms with Crippen LogP contribution in [-0.2, 0) is 11.8 Å². The molecule has 0 unspecified atom stereocenters. The van der Waals surface area contributed by atoms with Gasteiger partial charge in [-0.2, -0.15) is 5.26 Å². The summed E-state index contributed by atoms with van der Waals surface area (Å²) >= 11 is 0. The number of hydrogen-bond donors (Lipinski definition) is 0. The van der Waals surface area contributed by atoms with Gasteiger partial charge in [-0.15, -0.1) is 0 Å². The fourth-order valence-corrected chi connectivity index (χ4v) is 7.60. The molecule has 7 aromatic rings. The van der Waals surface area contributed by atoms with E-state index in [0.717, 1.165) is 34.3 Å². The minimum absolute atomic E-state index is 0.408. The van der Waals surface area contributed by atoms with Crippen LogP contribution in [-0.4, -0.2) is 4.98 Å². The van der Waals surface area contributed by atoms with Crippen LogP contribution in [0.25, 0.3) is 38.6 Å². The van der Waals surface area contributed by atoms with Crippen LogP contribution >= 0.6 is 0 Å². The van der Waals surface area contributed by atoms with Crippen molar-refractivity contribution in [1.29, 1.82) is 5.26 Å². The van der Waals surface area contributed by atoms with Crippen molar-refractivity contribution in [3.8, 4) is 28.3 Å². The number of nitriles is 1. The first kappa shape index (κ1) is 30.8. The number of aromatic nitrogens is 1. The van der Waals surface area contributed by atoms with Gasteiger partial charge in [0.1, 0.15) is 11.8 Å². The molecular weight excluding hydrogens is 605 g/mol. The second-order valence-electron chi connectivity index (χ2n) is 12.7. The Morgan fingerprint density at radius 1 is 0.600 bits per heavy atom. The fraction of sp³-hybridized carbons (Fsp3) is 0.0417. The molecule has 0 atom stereocenters. The molecule has 2 heteroatoms. The summed E-state index contributed by atoms with van der Waals surface area (Å²) in [5, 5.41) is 11.9. The number of hydrogen-bond acceptors (Lipinski definition) is 2. The van der Waals surface area contributed by atoms with Crippen molar-refractivity contribution in [1.82, 2.24) is 4.98 Å². The molecule has 50 heavy (non-hydrogen) atoms. The fourth-order valence-electron chi connectivity index (χ4n) is 7.60. The van der Waals surface area contributed by atoms with Gasteiger partial charge in [-0.3, -0.25) is 0 Å². The van der Waals surface area contributed by atoms with Crippen LogP contribution in [0.15, 0.2) is 194 Å². The third kappa shape index (κ3) is 5.36. The maximum Gasteiger partial charge on any atom is 0.141 e. The number of benzene rings is 6. The average Bonchev–Trinajstić information content (AvgIpc) is 3.25. The Morgan fingerprint density at radius 3 is 1.86 bits per heavy atom. The van der Waals surface area contributed by atoms with Crippen molar-refractivity contribution in [2.45, 2.75) is 11.8 Å². The lowest BCUT2D eigenvalue weighted by molar-refractivity contribution is 0.740. The van der Waals surface area contributed by atoms with E-state index < -0.39 is 5.41 Å². The molecule has 1 aromatic heterocycles. The molecule has 0 fully saturated rings. The molecule has 2 nitrogen and oxygen atoms in total. The highest BCUT2D eigenvalue weighted by molar-refractivity contribution is 6.00. The van der Waals surface area contributed by atoms with Crippen molar-refractivity contribution < 1.29 is 0 Å². The molecule has 0 N–H and O–H groups in total. The number of pyridine rings is 1. The van der Waals surface area contributed by atoms with Crippen LogP contribution in [0, 0.1) is 11.3 Å². The summed E-state index contributed by atoms with van der Waals surface area (Å²) in [6.07, 6.45) is 9.26. The van der Waals surface area contributed by atoms with Crippen LogP contribution < -0.4 is 0 Å². The molecule has 0 saturated heterocycles. The highest BCUT2D eigenvalue weighted by Crippen LogP contribution is 2.50. The summed E-state index contributed by atoms with van der Waals surface area (Å²) in [5.74, 6) is 0. The highest BCUT2D eigenvalue weighted by atomic mass is 14.7. The van der Waals surface area contributed by atoms with E-state index in [2.05, 4.69) is 175 Å². The number of fused-ring (bicyclic) bond motifs is 3. The van der Waals surface area contributed by atoms with Crippen molar-refractivity contribution >= 4 is 16.3 Å². The van der Waals surface area contributed by atoms with Gasteiger partial charge in [0.2, 0.25) is 0 Å². The summed E-state index contributed by atoms with van der Waals surface area (Å²) in [7, 11) is 0. The maximum absolute atomic E-state index is 9.39. The molecule has 0 saturated carbocycles. The first-order valence-corrected chi connectivity index (χ1v) is 16.9. The van der Waals surface area contributed by atoms with E-state index in [9.17, 15) is 5.26 Å². The minimum atomic E-state index is -0.687. The van der Waals surface area contributed by atoms with Gasteiger partial charge in [-0.1, -0.05) is 164 Å². The smallest absolute Gasteiger partial charge is 0.141 e. The van der Waals surface area contributed by atoms with Crippen molar-refractivity contribution in [2.24, 2.45) is 0 Å². The molecule has 0 aliphatic heterocycles. The zero-order valence-corrected chi connectivity index (χ0v) is 27.6. The zero-order valence-electron chi connectivity index (χ0n) is 27.6. The van der Waals surface area contributed by atoms with Crippen molar-refractivity contribution in [3.63, 3.8) is 0 Å². The Kier molecular flexibility index (Phi) is 8.09. The molecule has 6 aromatic carbocycles. The van der Waals surface area contributed by atoms with Gasteiger partial charge >= 0.3 is 0 Å². The topological polar surface area (TPSA) is 36.7 Å². The summed E-state index contributed by atoms with van der Waals surface area (Å²) in [6, 6.07) is 58.2. The number of allylic oxidation sites excluding steroid dienone is 5. The van der Waals surface area contributed by atoms with Gasteiger partial charge in [-0.05, 0) is 96.6 Å². The zero-order chi connectivity index (χ0) is 33.9. The Bertz CT molecular complexity index is 2410. The number of rotatable bonds is 5. The molecule has 1 aliphatic carbocycles. The van der Waals surface area contributed by atoms with Crippen molar-refractivity contribution in [2.75, 3.05) is 0 Å². The van der Waals surface area contributed by atoms with E-state index >= 15 is 0 Å². The molecule has 236 valence electrons. The van der Waals surface area contributed by atoms with Gasteiger partial charge < -0.3 is 0 Å². The third-order valence-corrected chi connectivity index (χ3v) is 9.92. The largest absolute Gasteiger partial charge is 0.246 e. The monoisotopic (exact) mass is 638 g/mol. The summed E-state index contributed by atoms with van der Waals surface area (Å²) in [5.41, 5.74) is 12.2. The van der Waals surface area contributed by atoms with Gasteiger partial charge in [0.05, 0.1) is 5.41 Å². The lowest BCUT2D eigenvalue weighted by Crippen LogP contribution is -2.32. The summed E-state index contributed by atoms with van der Waals surface area (Å²) < 4.78 is 0. The average molecular weight is 639 g/mol. The minimum Gasteiger partial charge on any atom is -0.246 e. The lowest BCUT2D eigenvalue weighted by Gasteiger charge is -2.39. The van der Waals surface area contributed by atoms with E-state index in [1.807, 2.05) is 12.1 Å². The summed E-state index contributed by atoms with van der Waals surface area (Å²) in [4.78, 5) is 4.14. The van der Waals surface area contributed by atoms with Crippen molar-refractivity contribution in [3.05, 3.63) is 228 Å². The molecule has 0 radical (unpaired) electrons. The van der Waals surface area contributed by atoms with Gasteiger partial charge in [-0.25, -0.2) is 4.98 Å². The normalized spacial score (nSPS) is 15.4. The maximum atomic E-state index is 9.39. The van der Waals surface area contributed by atoms with Crippen LogP contribution in [0.2, 0.25) is 0 Å². The van der Waals surface area contributed by atoms with Crippen LogP contribution in [0.5, 0.6) is 0 Å². The third-order valence-electron chi connectivity index (χ3n) is 9.92. The number of nitrogens with zero attached hydrogens (tertiary/aromatic N) is 2. The predicted octanol–water partition coefficient (Wildman–Crippen LogP) is 11.5. The van der Waals surface area contributed by atoms with Gasteiger partial charge in [0, 0.05) is 6.20 Å². The molecule has 1 aliphatic rings. The van der Waals surface area contributed by atoms with Crippen LogP contribution in [0.4, 0.5) is 0 Å². The van der Waals surface area contributed by atoms with E-state index in [4.69, 9.17) is 6.58 Å². The van der Waals surface area contributed by atoms with Crippen LogP contribution in [0.3, 0.4) is 0 Å². The van der Waals surface area contributed by atoms with Gasteiger partial charge in [0.25, 0.3) is 0 Å². The first-order chi connectivity index (χ1) is 24.7. The Morgan fingerprint density at radius 2 is 1.20 bits per heavy atom. The first-order valence-electron chi connectivity index (χ1n) is 16.9. The standard InChI is InChI=1S/C48H34N2/c1-34-30-38(35-24-26-36(27-25-35)39-28-29-50-42(31-39)33-49)16-13-23-45-43-21-11-12-22-44(43)46(37-14-5-2-6-15-37)32-47(45)48(34,40-17-7-3-8-18-40)41-19-9-4-10-20-41/h2-22,24-32H,1,23H2/b16-13-,38-30+. The lowest BCUT2D eigenvalue weighted by atomic mass is 9.62. The molecule has 0 amide bonds. The molecule has 1 heterocycles. The summed E-state index contributed by atoms with van der Waals surface area (Å²) in [6.45, 7) is 4.96. The Balaban J connectivity index is 1.40. The Hall–Kier alpha value is -6.56. The van der Waals surface area contributed by atoms with E-state index in [0.29, 0.717) is 5.69 Å². The molecule has 0 spiro atoms. The molecular formula is C48H34N2. The quantitative estimate of drug-likeness (QED) is 0.188. The van der Waals surface area contributed by atoms with Crippen LogP contribution in [0.1, 0.15) is 33.5 Å².